The number of hydrogen-bond donors (Lipinski definition) is 1. The van der Waals surface area contributed by atoms with Crippen molar-refractivity contribution >= 4 is 41.5 Å². The van der Waals surface area contributed by atoms with E-state index in [2.05, 4.69) is 4.98 Å². The number of rotatable bonds is 5. The molecule has 1 saturated carbocycles. The van der Waals surface area contributed by atoms with E-state index >= 15 is 0 Å². The fraction of sp³-hybridized carbons (Fsp3) is 0.294. The first-order valence-corrected chi connectivity index (χ1v) is 8.24. The smallest absolute Gasteiger partial charge is 0.254 e. The van der Waals surface area contributed by atoms with E-state index in [0.29, 0.717) is 34.4 Å². The molecule has 0 aliphatic heterocycles. The predicted molar refractivity (Wildman–Crippen MR) is 98.7 cm³/mol. The predicted octanol–water partition coefficient (Wildman–Crippen LogP) is 4.07. The fourth-order valence-corrected chi connectivity index (χ4v) is 2.80. The molecule has 2 N–H and O–H groups in total. The van der Waals surface area contributed by atoms with Crippen molar-refractivity contribution < 1.29 is 4.79 Å². The van der Waals surface area contributed by atoms with E-state index in [-0.39, 0.29) is 24.4 Å². The van der Waals surface area contributed by atoms with Gasteiger partial charge in [-0.15, -0.1) is 12.4 Å². The monoisotopic (exact) mass is 385 g/mol. The van der Waals surface area contributed by atoms with Gasteiger partial charge in [-0.25, -0.2) is 0 Å². The minimum absolute atomic E-state index is 0. The molecule has 0 saturated heterocycles. The van der Waals surface area contributed by atoms with Gasteiger partial charge in [0.15, 0.2) is 0 Å². The molecule has 1 fully saturated rings. The first kappa shape index (κ1) is 19.0. The topological polar surface area (TPSA) is 59.2 Å². The Morgan fingerprint density at radius 2 is 1.96 bits per heavy atom. The Bertz CT molecular complexity index is 735. The number of hydrogen-bond acceptors (Lipinski definition) is 3. The zero-order chi connectivity index (χ0) is 16.4. The molecular weight excluding hydrogens is 369 g/mol. The van der Waals surface area contributed by atoms with Gasteiger partial charge in [-0.2, -0.15) is 0 Å². The summed E-state index contributed by atoms with van der Waals surface area (Å²) in [6, 6.07) is 9.23. The Balaban J connectivity index is 0.00000208. The maximum Gasteiger partial charge on any atom is 0.254 e. The highest BCUT2D eigenvalue weighted by atomic mass is 35.5. The van der Waals surface area contributed by atoms with E-state index in [4.69, 9.17) is 28.9 Å². The average Bonchev–Trinajstić information content (AvgIpc) is 3.40. The molecule has 1 aliphatic carbocycles. The lowest BCUT2D eigenvalue weighted by Crippen LogP contribution is -2.32. The summed E-state index contributed by atoms with van der Waals surface area (Å²) in [5.74, 6) is -0.00401. The maximum absolute atomic E-state index is 12.8. The molecule has 1 aliphatic rings. The number of halogens is 3. The van der Waals surface area contributed by atoms with Crippen LogP contribution in [0, 0.1) is 0 Å². The SMILES string of the molecule is Cl.NCc1cc(C(=O)N(Cc2ccc(Cl)c(Cl)c2)C2CC2)ccn1. The van der Waals surface area contributed by atoms with Crippen LogP contribution < -0.4 is 5.73 Å². The third-order valence-corrected chi connectivity index (χ3v) is 4.60. The first-order valence-electron chi connectivity index (χ1n) is 7.48. The molecule has 128 valence electrons. The van der Waals surface area contributed by atoms with E-state index < -0.39 is 0 Å². The summed E-state index contributed by atoms with van der Waals surface area (Å²) in [4.78, 5) is 18.9. The zero-order valence-electron chi connectivity index (χ0n) is 12.9. The molecule has 0 radical (unpaired) electrons. The summed E-state index contributed by atoms with van der Waals surface area (Å²) in [5.41, 5.74) is 7.90. The van der Waals surface area contributed by atoms with Gasteiger partial charge in [0, 0.05) is 30.9 Å². The summed E-state index contributed by atoms with van der Waals surface area (Å²) in [7, 11) is 0. The van der Waals surface area contributed by atoms with Crippen LogP contribution in [0.25, 0.3) is 0 Å². The number of pyridine rings is 1. The van der Waals surface area contributed by atoms with Crippen molar-refractivity contribution in [3.05, 3.63) is 63.4 Å². The number of carbonyl (C=O) groups is 1. The van der Waals surface area contributed by atoms with Gasteiger partial charge in [-0.3, -0.25) is 9.78 Å². The molecule has 0 bridgehead atoms. The zero-order valence-corrected chi connectivity index (χ0v) is 15.2. The lowest BCUT2D eigenvalue weighted by atomic mass is 10.1. The van der Waals surface area contributed by atoms with E-state index in [0.717, 1.165) is 18.4 Å². The van der Waals surface area contributed by atoms with Gasteiger partial charge in [0.25, 0.3) is 5.91 Å². The van der Waals surface area contributed by atoms with Crippen LogP contribution in [0.2, 0.25) is 10.0 Å². The van der Waals surface area contributed by atoms with Crippen LogP contribution in [-0.4, -0.2) is 21.8 Å². The van der Waals surface area contributed by atoms with Gasteiger partial charge >= 0.3 is 0 Å². The quantitative estimate of drug-likeness (QED) is 0.842. The minimum atomic E-state index is -0.00401. The molecular formula is C17H18Cl3N3O. The van der Waals surface area contributed by atoms with Gasteiger partial charge in [-0.1, -0.05) is 29.3 Å². The largest absolute Gasteiger partial charge is 0.331 e. The van der Waals surface area contributed by atoms with Crippen molar-refractivity contribution in [2.75, 3.05) is 0 Å². The standard InChI is InChI=1S/C17H17Cl2N3O.ClH/c18-15-4-1-11(7-16(15)19)10-22(14-2-3-14)17(23)12-5-6-21-13(8-12)9-20;/h1,4-8,14H,2-3,9-10,20H2;1H. The van der Waals surface area contributed by atoms with Crippen LogP contribution in [-0.2, 0) is 13.1 Å². The molecule has 1 heterocycles. The van der Waals surface area contributed by atoms with Gasteiger partial charge in [-0.05, 0) is 42.7 Å². The molecule has 1 aromatic heterocycles. The van der Waals surface area contributed by atoms with Gasteiger partial charge < -0.3 is 10.6 Å². The Kier molecular flexibility index (Phi) is 6.47. The summed E-state index contributed by atoms with van der Waals surface area (Å²) in [6.45, 7) is 0.831. The number of nitrogens with two attached hydrogens (primary N) is 1. The Morgan fingerprint density at radius 1 is 1.21 bits per heavy atom. The fourth-order valence-electron chi connectivity index (χ4n) is 2.48. The van der Waals surface area contributed by atoms with Crippen molar-refractivity contribution in [3.8, 4) is 0 Å². The molecule has 1 aromatic carbocycles. The highest BCUT2D eigenvalue weighted by Crippen LogP contribution is 2.31. The summed E-state index contributed by atoms with van der Waals surface area (Å²) in [5, 5.41) is 1.02. The van der Waals surface area contributed by atoms with Gasteiger partial charge in [0.1, 0.15) is 0 Å². The Labute approximate surface area is 157 Å². The van der Waals surface area contributed by atoms with Crippen LogP contribution in [0.5, 0.6) is 0 Å². The number of benzene rings is 1. The number of amides is 1. The van der Waals surface area contributed by atoms with E-state index in [1.165, 1.54) is 0 Å². The van der Waals surface area contributed by atoms with Crippen molar-refractivity contribution in [2.45, 2.75) is 32.0 Å². The minimum Gasteiger partial charge on any atom is -0.331 e. The Hall–Kier alpha value is -1.33. The van der Waals surface area contributed by atoms with Gasteiger partial charge in [0.05, 0.1) is 15.7 Å². The second kappa shape index (κ2) is 8.17. The van der Waals surface area contributed by atoms with E-state index in [1.807, 2.05) is 17.0 Å². The average molecular weight is 387 g/mol. The molecule has 0 unspecified atom stereocenters. The number of carbonyl (C=O) groups excluding carboxylic acids is 1. The van der Waals surface area contributed by atoms with E-state index in [9.17, 15) is 4.79 Å². The molecule has 4 nitrogen and oxygen atoms in total. The van der Waals surface area contributed by atoms with E-state index in [1.54, 1.807) is 24.4 Å². The Morgan fingerprint density at radius 3 is 2.58 bits per heavy atom. The van der Waals surface area contributed by atoms with Crippen molar-refractivity contribution in [1.29, 1.82) is 0 Å². The number of aromatic nitrogens is 1. The normalized spacial score (nSPS) is 13.3. The molecule has 3 rings (SSSR count). The van der Waals surface area contributed by atoms with Crippen LogP contribution in [0.4, 0.5) is 0 Å². The highest BCUT2D eigenvalue weighted by molar-refractivity contribution is 6.42. The lowest BCUT2D eigenvalue weighted by molar-refractivity contribution is 0.0729. The third kappa shape index (κ3) is 4.39. The number of nitrogens with zero attached hydrogens (tertiary/aromatic N) is 2. The molecule has 7 heteroatoms. The summed E-state index contributed by atoms with van der Waals surface area (Å²) >= 11 is 12.0. The van der Waals surface area contributed by atoms with Crippen LogP contribution in [0.15, 0.2) is 36.5 Å². The summed E-state index contributed by atoms with van der Waals surface area (Å²) < 4.78 is 0. The van der Waals surface area contributed by atoms with Crippen LogP contribution in [0.1, 0.15) is 34.5 Å². The van der Waals surface area contributed by atoms with Crippen molar-refractivity contribution in [1.82, 2.24) is 9.88 Å². The van der Waals surface area contributed by atoms with Crippen molar-refractivity contribution in [3.63, 3.8) is 0 Å². The lowest BCUT2D eigenvalue weighted by Gasteiger charge is -2.23. The summed E-state index contributed by atoms with van der Waals surface area (Å²) in [6.07, 6.45) is 3.68. The molecule has 1 amide bonds. The maximum atomic E-state index is 12.8. The van der Waals surface area contributed by atoms with Crippen LogP contribution in [0.3, 0.4) is 0 Å². The van der Waals surface area contributed by atoms with Crippen molar-refractivity contribution in [2.24, 2.45) is 5.73 Å². The second-order valence-corrected chi connectivity index (χ2v) is 6.47. The van der Waals surface area contributed by atoms with Gasteiger partial charge in [0.2, 0.25) is 0 Å². The van der Waals surface area contributed by atoms with Crippen LogP contribution >= 0.6 is 35.6 Å². The molecule has 24 heavy (non-hydrogen) atoms. The molecule has 0 atom stereocenters. The molecule has 2 aromatic rings. The first-order chi connectivity index (χ1) is 11.1. The molecule has 0 spiro atoms. The third-order valence-electron chi connectivity index (χ3n) is 3.86. The highest BCUT2D eigenvalue weighted by Gasteiger charge is 2.33. The second-order valence-electron chi connectivity index (χ2n) is 5.65.